The average molecular weight is 268 g/mol. The van der Waals surface area contributed by atoms with Crippen LogP contribution in [0.3, 0.4) is 0 Å². The number of hydrogen-bond acceptors (Lipinski definition) is 3. The molecule has 0 saturated carbocycles. The fourth-order valence-corrected chi connectivity index (χ4v) is 2.47. The van der Waals surface area contributed by atoms with Crippen LogP contribution in [0, 0.1) is 6.92 Å². The first-order valence-electron chi connectivity index (χ1n) is 6.43. The first-order valence-corrected chi connectivity index (χ1v) is 6.81. The molecular weight excluding hydrogens is 250 g/mol. The molecule has 0 bridgehead atoms. The molecule has 98 valence electrons. The van der Waals surface area contributed by atoms with E-state index in [2.05, 4.69) is 9.97 Å². The lowest BCUT2D eigenvalue weighted by molar-refractivity contribution is -0.132. The van der Waals surface area contributed by atoms with Crippen molar-refractivity contribution in [3.63, 3.8) is 0 Å². The third kappa shape index (κ3) is 3.67. The molecule has 1 aromatic rings. The van der Waals surface area contributed by atoms with Gasteiger partial charge in [0.1, 0.15) is 11.0 Å². The van der Waals surface area contributed by atoms with Crippen molar-refractivity contribution in [1.29, 1.82) is 0 Å². The number of hydrogen-bond donors (Lipinski definition) is 0. The van der Waals surface area contributed by atoms with Gasteiger partial charge in [-0.1, -0.05) is 24.4 Å². The number of carbonyl (C=O) groups is 1. The number of aryl methyl sites for hydroxylation is 1. The summed E-state index contributed by atoms with van der Waals surface area (Å²) in [5.74, 6) is 0.838. The van der Waals surface area contributed by atoms with Gasteiger partial charge in [0.2, 0.25) is 5.91 Å². The van der Waals surface area contributed by atoms with Crippen LogP contribution in [0.25, 0.3) is 0 Å². The zero-order valence-corrected chi connectivity index (χ0v) is 11.4. The Morgan fingerprint density at radius 1 is 1.28 bits per heavy atom. The molecule has 1 fully saturated rings. The lowest BCUT2D eigenvalue weighted by atomic mass is 10.1. The van der Waals surface area contributed by atoms with Crippen molar-refractivity contribution in [3.8, 4) is 0 Å². The third-order valence-electron chi connectivity index (χ3n) is 3.12. The minimum atomic E-state index is 0.205. The summed E-state index contributed by atoms with van der Waals surface area (Å²) in [6.45, 7) is 3.15. The summed E-state index contributed by atoms with van der Waals surface area (Å²) in [6, 6.07) is 1.72. The summed E-state index contributed by atoms with van der Waals surface area (Å²) in [5.41, 5.74) is 0.837. The van der Waals surface area contributed by atoms with Gasteiger partial charge in [0.15, 0.2) is 0 Å². The molecule has 2 rings (SSSR count). The lowest BCUT2D eigenvalue weighted by Crippen LogP contribution is -2.33. The highest BCUT2D eigenvalue weighted by atomic mass is 35.5. The van der Waals surface area contributed by atoms with Crippen LogP contribution in [0.1, 0.15) is 43.6 Å². The van der Waals surface area contributed by atoms with E-state index in [9.17, 15) is 4.79 Å². The summed E-state index contributed by atoms with van der Waals surface area (Å²) in [4.78, 5) is 22.3. The molecule has 5 heteroatoms. The molecule has 1 aromatic heterocycles. The Kier molecular flexibility index (Phi) is 4.53. The van der Waals surface area contributed by atoms with E-state index in [-0.39, 0.29) is 5.91 Å². The first kappa shape index (κ1) is 13.3. The predicted octanol–water partition coefficient (Wildman–Crippen LogP) is 2.73. The fraction of sp³-hybridized carbons (Fsp3) is 0.615. The zero-order chi connectivity index (χ0) is 13.0. The predicted molar refractivity (Wildman–Crippen MR) is 70.3 cm³/mol. The van der Waals surface area contributed by atoms with Crippen molar-refractivity contribution in [1.82, 2.24) is 14.9 Å². The van der Waals surface area contributed by atoms with Crippen LogP contribution >= 0.6 is 11.6 Å². The van der Waals surface area contributed by atoms with E-state index >= 15 is 0 Å². The average Bonchev–Trinajstić information content (AvgIpc) is 2.28. The second kappa shape index (κ2) is 6.14. The van der Waals surface area contributed by atoms with Gasteiger partial charge in [-0.05, 0) is 25.8 Å². The normalized spacial score (nSPS) is 17.4. The number of aromatic nitrogens is 2. The zero-order valence-electron chi connectivity index (χ0n) is 10.7. The molecule has 1 aliphatic rings. The molecule has 0 unspecified atom stereocenters. The maximum Gasteiger partial charge on any atom is 0.222 e. The molecule has 18 heavy (non-hydrogen) atoms. The Bertz CT molecular complexity index is 416. The maximum atomic E-state index is 12.0. The number of likely N-dealkylation sites (tertiary alicyclic amines) is 1. The van der Waals surface area contributed by atoms with Gasteiger partial charge in [0.25, 0.3) is 0 Å². The molecule has 0 N–H and O–H groups in total. The van der Waals surface area contributed by atoms with Gasteiger partial charge in [-0.15, -0.1) is 0 Å². The lowest BCUT2D eigenvalue weighted by Gasteiger charge is -2.24. The topological polar surface area (TPSA) is 46.1 Å². The highest BCUT2D eigenvalue weighted by Crippen LogP contribution is 2.14. The molecule has 1 saturated heterocycles. The number of halogens is 1. The van der Waals surface area contributed by atoms with Gasteiger partial charge >= 0.3 is 0 Å². The van der Waals surface area contributed by atoms with Gasteiger partial charge in [-0.2, -0.15) is 0 Å². The molecule has 0 atom stereocenters. The molecule has 0 aromatic carbocycles. The molecule has 2 heterocycles. The van der Waals surface area contributed by atoms with Crippen LogP contribution in [0.5, 0.6) is 0 Å². The van der Waals surface area contributed by atoms with Gasteiger partial charge in [0, 0.05) is 18.7 Å². The summed E-state index contributed by atoms with van der Waals surface area (Å²) in [6.07, 6.45) is 5.04. The summed E-state index contributed by atoms with van der Waals surface area (Å²) in [5, 5.41) is 0.442. The molecule has 0 radical (unpaired) electrons. The Labute approximate surface area is 112 Å². The highest BCUT2D eigenvalue weighted by Gasteiger charge is 2.17. The van der Waals surface area contributed by atoms with E-state index < -0.39 is 0 Å². The van der Waals surface area contributed by atoms with Crippen LogP contribution < -0.4 is 0 Å². The van der Waals surface area contributed by atoms with Crippen molar-refractivity contribution < 1.29 is 4.79 Å². The largest absolute Gasteiger partial charge is 0.335 e. The number of nitrogens with zero attached hydrogens (tertiary/aromatic N) is 3. The summed E-state index contributed by atoms with van der Waals surface area (Å²) in [7, 11) is 0. The molecule has 1 aliphatic heterocycles. The van der Waals surface area contributed by atoms with E-state index in [0.29, 0.717) is 23.9 Å². The Balaban J connectivity index is 2.07. The monoisotopic (exact) mass is 267 g/mol. The molecule has 1 amide bonds. The summed E-state index contributed by atoms with van der Waals surface area (Å²) < 4.78 is 0. The second-order valence-corrected chi connectivity index (χ2v) is 5.12. The SMILES string of the molecule is Cc1cc(Cl)nc(CN2CCCCCCC2=O)n1. The Morgan fingerprint density at radius 2 is 2.06 bits per heavy atom. The van der Waals surface area contributed by atoms with Crippen molar-refractivity contribution in [2.24, 2.45) is 0 Å². The standard InChI is InChI=1S/C13H18ClN3O/c1-10-8-11(14)16-12(15-10)9-17-7-5-3-2-4-6-13(17)18/h8H,2-7,9H2,1H3. The van der Waals surface area contributed by atoms with E-state index in [1.165, 1.54) is 6.42 Å². The molecule has 0 spiro atoms. The van der Waals surface area contributed by atoms with Crippen LogP contribution in [-0.4, -0.2) is 27.3 Å². The number of rotatable bonds is 2. The number of amides is 1. The fourth-order valence-electron chi connectivity index (χ4n) is 2.21. The number of carbonyl (C=O) groups excluding carboxylic acids is 1. The second-order valence-electron chi connectivity index (χ2n) is 4.73. The van der Waals surface area contributed by atoms with Crippen LogP contribution in [-0.2, 0) is 11.3 Å². The van der Waals surface area contributed by atoms with Crippen molar-refractivity contribution in [3.05, 3.63) is 22.7 Å². The smallest absolute Gasteiger partial charge is 0.222 e. The van der Waals surface area contributed by atoms with E-state index in [0.717, 1.165) is 31.5 Å². The van der Waals surface area contributed by atoms with Crippen LogP contribution in [0.2, 0.25) is 5.15 Å². The Hall–Kier alpha value is -1.16. The van der Waals surface area contributed by atoms with Crippen LogP contribution in [0.4, 0.5) is 0 Å². The Morgan fingerprint density at radius 3 is 2.83 bits per heavy atom. The van der Waals surface area contributed by atoms with E-state index in [1.54, 1.807) is 6.07 Å². The van der Waals surface area contributed by atoms with Gasteiger partial charge in [0.05, 0.1) is 6.54 Å². The minimum absolute atomic E-state index is 0.205. The van der Waals surface area contributed by atoms with E-state index in [1.807, 2.05) is 11.8 Å². The maximum absolute atomic E-state index is 12.0. The first-order chi connectivity index (χ1) is 8.65. The van der Waals surface area contributed by atoms with Crippen LogP contribution in [0.15, 0.2) is 6.07 Å². The van der Waals surface area contributed by atoms with E-state index in [4.69, 9.17) is 11.6 Å². The van der Waals surface area contributed by atoms with Gasteiger partial charge < -0.3 is 4.90 Å². The minimum Gasteiger partial charge on any atom is -0.335 e. The molecule has 0 aliphatic carbocycles. The molecular formula is C13H18ClN3O. The highest BCUT2D eigenvalue weighted by molar-refractivity contribution is 6.29. The van der Waals surface area contributed by atoms with Crippen molar-refractivity contribution in [2.75, 3.05) is 6.54 Å². The van der Waals surface area contributed by atoms with Crippen molar-refractivity contribution >= 4 is 17.5 Å². The molecule has 4 nitrogen and oxygen atoms in total. The quantitative estimate of drug-likeness (QED) is 0.774. The van der Waals surface area contributed by atoms with Gasteiger partial charge in [-0.25, -0.2) is 9.97 Å². The van der Waals surface area contributed by atoms with Crippen molar-refractivity contribution in [2.45, 2.75) is 45.6 Å². The third-order valence-corrected chi connectivity index (χ3v) is 3.32. The summed E-state index contributed by atoms with van der Waals surface area (Å²) >= 11 is 5.91. The van der Waals surface area contributed by atoms with Gasteiger partial charge in [-0.3, -0.25) is 4.79 Å².